The fraction of sp³-hybridized carbons (Fsp3) is 0. The summed E-state index contributed by atoms with van der Waals surface area (Å²) in [5, 5.41) is 2.05. The maximum atomic E-state index is 5.78. The molecule has 3 heteroatoms. The van der Waals surface area contributed by atoms with Crippen molar-refractivity contribution in [2.24, 2.45) is 0 Å². The van der Waals surface area contributed by atoms with E-state index in [9.17, 15) is 0 Å². The van der Waals surface area contributed by atoms with Gasteiger partial charge in [0.15, 0.2) is 0 Å². The number of nitrogen functional groups attached to an aromatic ring is 2. The van der Waals surface area contributed by atoms with E-state index in [0.717, 1.165) is 22.1 Å². The Balaban J connectivity index is 0.000000845. The molecule has 0 amide bonds. The van der Waals surface area contributed by atoms with E-state index in [1.165, 1.54) is 0 Å². The predicted octanol–water partition coefficient (Wildman–Crippen LogP) is 2.00. The van der Waals surface area contributed by atoms with Gasteiger partial charge in [-0.2, -0.15) is 0 Å². The minimum atomic E-state index is 0. The van der Waals surface area contributed by atoms with Crippen molar-refractivity contribution in [3.8, 4) is 0 Å². The number of fused-ring (bicyclic) bond motifs is 1. The van der Waals surface area contributed by atoms with Crippen LogP contribution in [0.5, 0.6) is 0 Å². The minimum Gasteiger partial charge on any atom is -0.398 e. The largest absolute Gasteiger partial charge is 2.00 e. The van der Waals surface area contributed by atoms with E-state index in [-0.39, 0.29) is 16.8 Å². The molecule has 0 saturated carbocycles. The van der Waals surface area contributed by atoms with Gasteiger partial charge in [0.2, 0.25) is 0 Å². The molecule has 0 aliphatic heterocycles. The first kappa shape index (κ1) is 9.89. The van der Waals surface area contributed by atoms with Crippen LogP contribution in [0.25, 0.3) is 10.8 Å². The van der Waals surface area contributed by atoms with Gasteiger partial charge in [0.25, 0.3) is 0 Å². The molecule has 67 valence electrons. The van der Waals surface area contributed by atoms with Crippen molar-refractivity contribution in [3.63, 3.8) is 0 Å². The molecule has 0 aliphatic carbocycles. The Morgan fingerprint density at radius 3 is 1.62 bits per heavy atom. The second-order valence-corrected chi connectivity index (χ2v) is 2.79. The van der Waals surface area contributed by atoms with Gasteiger partial charge in [-0.05, 0) is 17.5 Å². The maximum absolute atomic E-state index is 5.78. The third kappa shape index (κ3) is 1.61. The van der Waals surface area contributed by atoms with Crippen LogP contribution < -0.4 is 11.5 Å². The summed E-state index contributed by atoms with van der Waals surface area (Å²) >= 11 is 0. The zero-order valence-corrected chi connectivity index (χ0v) is 7.99. The van der Waals surface area contributed by atoms with Crippen LogP contribution in [0.3, 0.4) is 0 Å². The van der Waals surface area contributed by atoms with Gasteiger partial charge in [0.1, 0.15) is 0 Å². The molecule has 13 heavy (non-hydrogen) atoms. The van der Waals surface area contributed by atoms with E-state index < -0.39 is 0 Å². The van der Waals surface area contributed by atoms with Gasteiger partial charge in [-0.15, -0.1) is 0 Å². The van der Waals surface area contributed by atoms with Gasteiger partial charge in [0.05, 0.1) is 0 Å². The number of rotatable bonds is 0. The first-order valence-corrected chi connectivity index (χ1v) is 3.82. The van der Waals surface area contributed by atoms with Crippen molar-refractivity contribution in [3.05, 3.63) is 36.4 Å². The summed E-state index contributed by atoms with van der Waals surface area (Å²) in [6.45, 7) is 0. The van der Waals surface area contributed by atoms with Crippen molar-refractivity contribution in [2.45, 2.75) is 0 Å². The monoisotopic (exact) mass is 217 g/mol. The molecule has 0 saturated heterocycles. The van der Waals surface area contributed by atoms with Crippen LogP contribution in [0, 0.1) is 0 Å². The summed E-state index contributed by atoms with van der Waals surface area (Å²) in [6.07, 6.45) is 0. The SMILES string of the molecule is Nc1cccc2cccc(N)c12.[Co+2]. The van der Waals surface area contributed by atoms with E-state index in [1.54, 1.807) is 0 Å². The molecule has 2 nitrogen and oxygen atoms in total. The van der Waals surface area contributed by atoms with E-state index in [2.05, 4.69) is 0 Å². The van der Waals surface area contributed by atoms with Gasteiger partial charge < -0.3 is 11.5 Å². The van der Waals surface area contributed by atoms with Gasteiger partial charge in [-0.25, -0.2) is 0 Å². The summed E-state index contributed by atoms with van der Waals surface area (Å²) < 4.78 is 0. The Bertz CT molecular complexity index is 389. The zero-order chi connectivity index (χ0) is 8.55. The Kier molecular flexibility index (Phi) is 2.80. The second-order valence-electron chi connectivity index (χ2n) is 2.79. The van der Waals surface area contributed by atoms with Crippen LogP contribution in [-0.2, 0) is 16.8 Å². The summed E-state index contributed by atoms with van der Waals surface area (Å²) in [4.78, 5) is 0. The molecule has 0 fully saturated rings. The van der Waals surface area contributed by atoms with Gasteiger partial charge in [-0.3, -0.25) is 0 Å². The molecule has 2 rings (SSSR count). The zero-order valence-electron chi connectivity index (χ0n) is 6.95. The van der Waals surface area contributed by atoms with Crippen LogP contribution in [0.4, 0.5) is 11.4 Å². The predicted molar refractivity (Wildman–Crippen MR) is 52.8 cm³/mol. The molecule has 0 aromatic heterocycles. The fourth-order valence-electron chi connectivity index (χ4n) is 1.40. The first-order valence-electron chi connectivity index (χ1n) is 3.82. The first-order chi connectivity index (χ1) is 5.79. The van der Waals surface area contributed by atoms with Gasteiger partial charge in [-0.1, -0.05) is 24.3 Å². The number of anilines is 2. The quantitative estimate of drug-likeness (QED) is 0.663. The number of benzene rings is 2. The molecule has 0 spiro atoms. The van der Waals surface area contributed by atoms with Crippen molar-refractivity contribution in [2.75, 3.05) is 11.5 Å². The molecular formula is C10H10CoN2+2. The molecular weight excluding hydrogens is 207 g/mol. The van der Waals surface area contributed by atoms with Crippen LogP contribution in [0.1, 0.15) is 0 Å². The van der Waals surface area contributed by atoms with E-state index in [1.807, 2.05) is 36.4 Å². The Morgan fingerprint density at radius 1 is 0.769 bits per heavy atom. The molecule has 0 heterocycles. The molecule has 2 aromatic rings. The van der Waals surface area contributed by atoms with Crippen molar-refractivity contribution in [1.82, 2.24) is 0 Å². The maximum Gasteiger partial charge on any atom is 2.00 e. The average molecular weight is 217 g/mol. The molecule has 0 bridgehead atoms. The fourth-order valence-corrected chi connectivity index (χ4v) is 1.40. The number of nitrogens with two attached hydrogens (primary N) is 2. The van der Waals surface area contributed by atoms with Crippen LogP contribution >= 0.6 is 0 Å². The van der Waals surface area contributed by atoms with Crippen molar-refractivity contribution >= 4 is 22.1 Å². The van der Waals surface area contributed by atoms with E-state index in [4.69, 9.17) is 11.5 Å². The Hall–Kier alpha value is -1.19. The standard InChI is InChI=1S/C10H10N2.Co/c11-8-5-1-3-7-4-2-6-9(12)10(7)8;/h1-6H,11-12H2;/q;+2. The summed E-state index contributed by atoms with van der Waals surface area (Å²) in [5.74, 6) is 0. The second kappa shape index (κ2) is 3.68. The Morgan fingerprint density at radius 2 is 1.23 bits per heavy atom. The molecule has 1 radical (unpaired) electrons. The van der Waals surface area contributed by atoms with Crippen LogP contribution in [0.2, 0.25) is 0 Å². The average Bonchev–Trinajstić information content (AvgIpc) is 2.04. The van der Waals surface area contributed by atoms with Crippen LogP contribution in [-0.4, -0.2) is 0 Å². The third-order valence-corrected chi connectivity index (χ3v) is 1.97. The summed E-state index contributed by atoms with van der Waals surface area (Å²) in [6, 6.07) is 11.6. The van der Waals surface area contributed by atoms with Gasteiger partial charge >= 0.3 is 16.8 Å². The minimum absolute atomic E-state index is 0. The molecule has 4 N–H and O–H groups in total. The number of hydrogen-bond donors (Lipinski definition) is 2. The van der Waals surface area contributed by atoms with E-state index in [0.29, 0.717) is 0 Å². The van der Waals surface area contributed by atoms with Gasteiger partial charge in [0, 0.05) is 16.8 Å². The van der Waals surface area contributed by atoms with Crippen LogP contribution in [0.15, 0.2) is 36.4 Å². The number of hydrogen-bond acceptors (Lipinski definition) is 2. The third-order valence-electron chi connectivity index (χ3n) is 1.97. The topological polar surface area (TPSA) is 52.0 Å². The molecule has 2 aromatic carbocycles. The summed E-state index contributed by atoms with van der Waals surface area (Å²) in [7, 11) is 0. The van der Waals surface area contributed by atoms with E-state index >= 15 is 0 Å². The molecule has 0 unspecified atom stereocenters. The summed E-state index contributed by atoms with van der Waals surface area (Å²) in [5.41, 5.74) is 13.0. The van der Waals surface area contributed by atoms with Crippen molar-refractivity contribution < 1.29 is 16.8 Å². The molecule has 0 aliphatic rings. The Labute approximate surface area is 87.1 Å². The smallest absolute Gasteiger partial charge is 0.398 e. The van der Waals surface area contributed by atoms with Crippen molar-refractivity contribution in [1.29, 1.82) is 0 Å². The molecule has 0 atom stereocenters. The normalized spacial score (nSPS) is 9.54.